The van der Waals surface area contributed by atoms with Crippen molar-refractivity contribution in [1.82, 2.24) is 25.6 Å². The molecule has 1 unspecified atom stereocenters. The molecule has 2 aromatic rings. The van der Waals surface area contributed by atoms with E-state index in [0.717, 1.165) is 56.7 Å². The number of aromatic nitrogens is 1. The fraction of sp³-hybridized carbons (Fsp3) is 0.565. The Hall–Kier alpha value is -1.65. The van der Waals surface area contributed by atoms with Gasteiger partial charge in [-0.2, -0.15) is 0 Å². The van der Waals surface area contributed by atoms with Crippen molar-refractivity contribution in [2.45, 2.75) is 45.8 Å². The van der Waals surface area contributed by atoms with Gasteiger partial charge in [0.05, 0.1) is 5.69 Å². The summed E-state index contributed by atoms with van der Waals surface area (Å²) in [5, 5.41) is 11.4. The van der Waals surface area contributed by atoms with Crippen molar-refractivity contribution in [2.24, 2.45) is 4.99 Å². The molecule has 1 aliphatic rings. The van der Waals surface area contributed by atoms with Gasteiger partial charge in [0.2, 0.25) is 0 Å². The van der Waals surface area contributed by atoms with Crippen LogP contribution < -0.4 is 10.6 Å². The molecule has 2 heterocycles. The molecular weight excluding hydrogens is 503 g/mol. The van der Waals surface area contributed by atoms with Crippen LogP contribution in [0.5, 0.6) is 0 Å². The summed E-state index contributed by atoms with van der Waals surface area (Å²) in [6.45, 7) is 14.1. The molecule has 0 amide bonds. The van der Waals surface area contributed by atoms with Gasteiger partial charge in [-0.05, 0) is 33.3 Å². The predicted molar refractivity (Wildman–Crippen MR) is 137 cm³/mol. The fourth-order valence-corrected chi connectivity index (χ4v) is 3.93. The summed E-state index contributed by atoms with van der Waals surface area (Å²) >= 11 is 0. The number of hydrogen-bond acceptors (Lipinski definition) is 5. The summed E-state index contributed by atoms with van der Waals surface area (Å²) in [4.78, 5) is 9.27. The van der Waals surface area contributed by atoms with Crippen molar-refractivity contribution in [3.63, 3.8) is 0 Å². The quantitative estimate of drug-likeness (QED) is 0.319. The number of aryl methyl sites for hydroxylation is 1. The SMILES string of the molecule is CN=C(NCC(C)(C)NC(C)c1ccccc1)N1CCN(Cc2cc(C)on2)CC1.I. The second kappa shape index (κ2) is 11.8. The lowest BCUT2D eigenvalue weighted by molar-refractivity contribution is 0.168. The molecule has 1 aromatic heterocycles. The van der Waals surface area contributed by atoms with Crippen molar-refractivity contribution in [3.8, 4) is 0 Å². The Balaban J connectivity index is 0.00000341. The highest BCUT2D eigenvalue weighted by molar-refractivity contribution is 14.0. The maximum atomic E-state index is 5.18. The average Bonchev–Trinajstić information content (AvgIpc) is 3.14. The minimum atomic E-state index is -0.0716. The molecule has 1 aromatic carbocycles. The van der Waals surface area contributed by atoms with E-state index in [2.05, 4.69) is 81.7 Å². The molecule has 0 aliphatic carbocycles. The Bertz CT molecular complexity index is 814. The molecule has 0 spiro atoms. The predicted octanol–water partition coefficient (Wildman–Crippen LogP) is 3.42. The third kappa shape index (κ3) is 7.76. The van der Waals surface area contributed by atoms with E-state index in [1.165, 1.54) is 5.56 Å². The standard InChI is InChI=1S/C23H36N6O.HI/c1-18-15-21(27-30-18)16-28-11-13-29(14-12-28)22(24-5)25-17-23(3,4)26-19(2)20-9-7-6-8-10-20;/h6-10,15,19,26H,11-14,16-17H2,1-5H3,(H,24,25);1H. The summed E-state index contributed by atoms with van der Waals surface area (Å²) < 4.78 is 5.18. The van der Waals surface area contributed by atoms with Gasteiger partial charge in [0.1, 0.15) is 5.76 Å². The van der Waals surface area contributed by atoms with E-state index in [1.54, 1.807) is 0 Å². The van der Waals surface area contributed by atoms with Crippen LogP contribution >= 0.6 is 24.0 Å². The van der Waals surface area contributed by atoms with Crippen molar-refractivity contribution >= 4 is 29.9 Å². The van der Waals surface area contributed by atoms with E-state index in [-0.39, 0.29) is 35.6 Å². The van der Waals surface area contributed by atoms with E-state index < -0.39 is 0 Å². The lowest BCUT2D eigenvalue weighted by Crippen LogP contribution is -2.56. The number of guanidine groups is 1. The molecule has 172 valence electrons. The number of benzene rings is 1. The first-order valence-electron chi connectivity index (χ1n) is 10.8. The Morgan fingerprint density at radius 2 is 1.87 bits per heavy atom. The third-order valence-corrected chi connectivity index (χ3v) is 5.54. The number of nitrogens with one attached hydrogen (secondary N) is 2. The summed E-state index contributed by atoms with van der Waals surface area (Å²) in [5.74, 6) is 1.83. The van der Waals surface area contributed by atoms with Gasteiger partial charge in [0.25, 0.3) is 0 Å². The van der Waals surface area contributed by atoms with Crippen molar-refractivity contribution < 1.29 is 4.52 Å². The highest BCUT2D eigenvalue weighted by atomic mass is 127. The molecule has 1 saturated heterocycles. The lowest BCUT2D eigenvalue weighted by atomic mass is 10.0. The summed E-state index contributed by atoms with van der Waals surface area (Å²) in [5.41, 5.74) is 2.23. The molecule has 0 bridgehead atoms. The largest absolute Gasteiger partial charge is 0.361 e. The molecule has 1 aliphatic heterocycles. The Morgan fingerprint density at radius 3 is 2.45 bits per heavy atom. The Labute approximate surface area is 203 Å². The van der Waals surface area contributed by atoms with E-state index in [9.17, 15) is 0 Å². The van der Waals surface area contributed by atoms with Crippen LogP contribution in [0.15, 0.2) is 45.9 Å². The van der Waals surface area contributed by atoms with E-state index >= 15 is 0 Å². The van der Waals surface area contributed by atoms with Crippen molar-refractivity contribution in [3.05, 3.63) is 53.4 Å². The summed E-state index contributed by atoms with van der Waals surface area (Å²) in [6, 6.07) is 12.9. The average molecular weight is 540 g/mol. The van der Waals surface area contributed by atoms with Gasteiger partial charge in [-0.3, -0.25) is 9.89 Å². The van der Waals surface area contributed by atoms with Gasteiger partial charge < -0.3 is 20.1 Å². The molecule has 8 heteroatoms. The van der Waals surface area contributed by atoms with E-state index in [1.807, 2.05) is 20.0 Å². The molecule has 0 saturated carbocycles. The first-order valence-corrected chi connectivity index (χ1v) is 10.8. The number of aliphatic imine (C=N–C) groups is 1. The highest BCUT2D eigenvalue weighted by Gasteiger charge is 2.24. The van der Waals surface area contributed by atoms with Crippen LogP contribution in [0.4, 0.5) is 0 Å². The molecule has 2 N–H and O–H groups in total. The van der Waals surface area contributed by atoms with Gasteiger partial charge >= 0.3 is 0 Å². The third-order valence-electron chi connectivity index (χ3n) is 5.54. The second-order valence-electron chi connectivity index (χ2n) is 8.75. The first-order chi connectivity index (χ1) is 14.4. The van der Waals surface area contributed by atoms with Gasteiger partial charge in [-0.15, -0.1) is 24.0 Å². The van der Waals surface area contributed by atoms with Crippen LogP contribution in [-0.2, 0) is 6.54 Å². The summed E-state index contributed by atoms with van der Waals surface area (Å²) in [7, 11) is 1.86. The van der Waals surface area contributed by atoms with E-state index in [0.29, 0.717) is 0 Å². The number of halogens is 1. The van der Waals surface area contributed by atoms with Gasteiger partial charge in [0.15, 0.2) is 5.96 Å². The minimum Gasteiger partial charge on any atom is -0.361 e. The smallest absolute Gasteiger partial charge is 0.193 e. The molecule has 0 radical (unpaired) electrons. The second-order valence-corrected chi connectivity index (χ2v) is 8.75. The molecule has 3 rings (SSSR count). The minimum absolute atomic E-state index is 0. The van der Waals surface area contributed by atoms with Crippen LogP contribution in [-0.4, -0.2) is 66.2 Å². The zero-order valence-electron chi connectivity index (χ0n) is 19.4. The highest BCUT2D eigenvalue weighted by Crippen LogP contribution is 2.16. The first kappa shape index (κ1) is 25.6. The van der Waals surface area contributed by atoms with Crippen LogP contribution in [0.1, 0.15) is 43.8 Å². The van der Waals surface area contributed by atoms with Crippen LogP contribution in [0.2, 0.25) is 0 Å². The fourth-order valence-electron chi connectivity index (χ4n) is 3.93. The number of piperazine rings is 1. The lowest BCUT2D eigenvalue weighted by Gasteiger charge is -2.37. The van der Waals surface area contributed by atoms with Crippen molar-refractivity contribution in [1.29, 1.82) is 0 Å². The maximum Gasteiger partial charge on any atom is 0.193 e. The Morgan fingerprint density at radius 1 is 1.19 bits per heavy atom. The topological polar surface area (TPSA) is 68.9 Å². The number of nitrogens with zero attached hydrogens (tertiary/aromatic N) is 4. The summed E-state index contributed by atoms with van der Waals surface area (Å²) in [6.07, 6.45) is 0. The molecule has 1 fully saturated rings. The normalized spacial score (nSPS) is 16.7. The zero-order valence-corrected chi connectivity index (χ0v) is 21.7. The van der Waals surface area contributed by atoms with Crippen LogP contribution in [0.3, 0.4) is 0 Å². The van der Waals surface area contributed by atoms with Gasteiger partial charge in [-0.1, -0.05) is 35.5 Å². The van der Waals surface area contributed by atoms with Crippen molar-refractivity contribution in [2.75, 3.05) is 39.8 Å². The molecular formula is C23H37IN6O. The van der Waals surface area contributed by atoms with Gasteiger partial charge in [0, 0.05) is 64.0 Å². The van der Waals surface area contributed by atoms with Crippen LogP contribution in [0.25, 0.3) is 0 Å². The molecule has 31 heavy (non-hydrogen) atoms. The molecule has 1 atom stereocenters. The number of rotatable bonds is 7. The number of hydrogen-bond donors (Lipinski definition) is 2. The van der Waals surface area contributed by atoms with E-state index in [4.69, 9.17) is 4.52 Å². The zero-order chi connectivity index (χ0) is 21.6. The van der Waals surface area contributed by atoms with Gasteiger partial charge in [-0.25, -0.2) is 0 Å². The monoisotopic (exact) mass is 540 g/mol. The Kier molecular flexibility index (Phi) is 9.77. The maximum absolute atomic E-state index is 5.18. The van der Waals surface area contributed by atoms with Crippen LogP contribution in [0, 0.1) is 6.92 Å². The molecule has 7 nitrogen and oxygen atoms in total.